The van der Waals surface area contributed by atoms with Crippen molar-refractivity contribution in [3.8, 4) is 5.75 Å². The van der Waals surface area contributed by atoms with Gasteiger partial charge in [-0.1, -0.05) is 36.4 Å². The fraction of sp³-hybridized carbons (Fsp3) is 0.0500. The van der Waals surface area contributed by atoms with E-state index in [1.165, 1.54) is 30.3 Å². The van der Waals surface area contributed by atoms with E-state index in [4.69, 9.17) is 9.15 Å². The van der Waals surface area contributed by atoms with E-state index < -0.39 is 10.5 Å². The highest BCUT2D eigenvalue weighted by Crippen LogP contribution is 2.27. The van der Waals surface area contributed by atoms with E-state index in [1.807, 2.05) is 36.4 Å². The third kappa shape index (κ3) is 2.88. The van der Waals surface area contributed by atoms with Crippen molar-refractivity contribution in [2.75, 3.05) is 0 Å². The molecule has 0 fully saturated rings. The van der Waals surface area contributed by atoms with Crippen molar-refractivity contribution < 1.29 is 14.1 Å². The zero-order valence-electron chi connectivity index (χ0n) is 13.5. The largest absolute Gasteiger partial charge is 0.489 e. The van der Waals surface area contributed by atoms with Gasteiger partial charge < -0.3 is 9.15 Å². The highest BCUT2D eigenvalue weighted by atomic mass is 16.6. The van der Waals surface area contributed by atoms with Gasteiger partial charge in [0.2, 0.25) is 0 Å². The van der Waals surface area contributed by atoms with E-state index in [-0.39, 0.29) is 12.3 Å². The number of nitrogens with zero attached hydrogens (tertiary/aromatic N) is 1. The van der Waals surface area contributed by atoms with E-state index >= 15 is 0 Å². The summed E-state index contributed by atoms with van der Waals surface area (Å²) in [7, 11) is 0. The topological polar surface area (TPSA) is 82.6 Å². The molecular formula is C20H13NO5. The van der Waals surface area contributed by atoms with Gasteiger partial charge in [0, 0.05) is 34.5 Å². The first-order valence-electron chi connectivity index (χ1n) is 7.93. The summed E-state index contributed by atoms with van der Waals surface area (Å²) >= 11 is 0. The maximum Gasteiger partial charge on any atom is 0.336 e. The van der Waals surface area contributed by atoms with Gasteiger partial charge in [0.05, 0.1) is 4.92 Å². The Bertz CT molecular complexity index is 1180. The van der Waals surface area contributed by atoms with E-state index in [9.17, 15) is 14.9 Å². The molecule has 3 aromatic carbocycles. The van der Waals surface area contributed by atoms with Gasteiger partial charge >= 0.3 is 5.63 Å². The van der Waals surface area contributed by atoms with Gasteiger partial charge in [-0.25, -0.2) is 4.79 Å². The lowest BCUT2D eigenvalue weighted by molar-refractivity contribution is -0.384. The Hall–Kier alpha value is -3.67. The molecule has 0 N–H and O–H groups in total. The third-order valence-electron chi connectivity index (χ3n) is 4.16. The zero-order chi connectivity index (χ0) is 18.1. The quantitative estimate of drug-likeness (QED) is 0.236. The molecule has 0 aliphatic heterocycles. The van der Waals surface area contributed by atoms with E-state index in [1.54, 1.807) is 0 Å². The van der Waals surface area contributed by atoms with Crippen LogP contribution in [0.4, 0.5) is 5.69 Å². The van der Waals surface area contributed by atoms with Crippen LogP contribution in [0.2, 0.25) is 0 Å². The molecule has 1 aromatic heterocycles. The summed E-state index contributed by atoms with van der Waals surface area (Å²) in [5.74, 6) is 0.484. The Labute approximate surface area is 147 Å². The lowest BCUT2D eigenvalue weighted by Gasteiger charge is -2.09. The van der Waals surface area contributed by atoms with Crippen LogP contribution in [-0.2, 0) is 6.61 Å². The minimum atomic E-state index is -0.467. The standard InChI is InChI=1S/C20H13NO5/c22-19-11-14(12-25-16-8-6-15(7-9-16)21(23)24)18-10-5-13-3-1-2-4-17(13)20(18)26-19/h1-11H,12H2. The van der Waals surface area contributed by atoms with Gasteiger partial charge in [0.15, 0.2) is 0 Å². The van der Waals surface area contributed by atoms with Gasteiger partial charge in [0.1, 0.15) is 17.9 Å². The van der Waals surface area contributed by atoms with Gasteiger partial charge in [-0.3, -0.25) is 10.1 Å². The monoisotopic (exact) mass is 347 g/mol. The Morgan fingerprint density at radius 1 is 0.962 bits per heavy atom. The smallest absolute Gasteiger partial charge is 0.336 e. The number of non-ortho nitro benzene ring substituents is 1. The molecule has 128 valence electrons. The summed E-state index contributed by atoms with van der Waals surface area (Å²) in [6.45, 7) is 0.151. The maximum absolute atomic E-state index is 12.0. The van der Waals surface area contributed by atoms with Crippen LogP contribution in [0, 0.1) is 10.1 Å². The molecule has 0 unspecified atom stereocenters. The molecule has 0 saturated carbocycles. The summed E-state index contributed by atoms with van der Waals surface area (Å²) < 4.78 is 11.1. The fourth-order valence-corrected chi connectivity index (χ4v) is 2.90. The first-order valence-corrected chi connectivity index (χ1v) is 7.93. The third-order valence-corrected chi connectivity index (χ3v) is 4.16. The van der Waals surface area contributed by atoms with Crippen LogP contribution in [0.5, 0.6) is 5.75 Å². The number of hydrogen-bond acceptors (Lipinski definition) is 5. The average Bonchev–Trinajstić information content (AvgIpc) is 2.66. The van der Waals surface area contributed by atoms with Crippen molar-refractivity contribution in [1.82, 2.24) is 0 Å². The summed E-state index contributed by atoms with van der Waals surface area (Å²) in [4.78, 5) is 22.2. The van der Waals surface area contributed by atoms with Crippen LogP contribution in [-0.4, -0.2) is 4.92 Å². The second-order valence-corrected chi connectivity index (χ2v) is 5.79. The number of nitro benzene ring substituents is 1. The minimum absolute atomic E-state index is 0.00498. The summed E-state index contributed by atoms with van der Waals surface area (Å²) in [6, 6.07) is 18.7. The Morgan fingerprint density at radius 3 is 2.50 bits per heavy atom. The van der Waals surface area contributed by atoms with Crippen molar-refractivity contribution in [1.29, 1.82) is 0 Å². The van der Waals surface area contributed by atoms with E-state index in [0.29, 0.717) is 16.9 Å². The second-order valence-electron chi connectivity index (χ2n) is 5.79. The molecule has 0 amide bonds. The Morgan fingerprint density at radius 2 is 1.73 bits per heavy atom. The fourth-order valence-electron chi connectivity index (χ4n) is 2.90. The van der Waals surface area contributed by atoms with Crippen LogP contribution in [0.25, 0.3) is 21.7 Å². The van der Waals surface area contributed by atoms with Crippen LogP contribution in [0.3, 0.4) is 0 Å². The predicted octanol–water partition coefficient (Wildman–Crippen LogP) is 4.43. The molecule has 4 aromatic rings. The molecular weight excluding hydrogens is 334 g/mol. The lowest BCUT2D eigenvalue weighted by atomic mass is 10.0. The molecule has 4 rings (SSSR count). The molecule has 0 spiro atoms. The van der Waals surface area contributed by atoms with Gasteiger partial charge in [-0.05, 0) is 17.5 Å². The molecule has 0 bridgehead atoms. The van der Waals surface area contributed by atoms with E-state index in [0.717, 1.165) is 16.2 Å². The Kier molecular flexibility index (Phi) is 3.85. The van der Waals surface area contributed by atoms with Crippen molar-refractivity contribution >= 4 is 27.4 Å². The molecule has 6 heteroatoms. The molecule has 0 saturated heterocycles. The number of ether oxygens (including phenoxy) is 1. The van der Waals surface area contributed by atoms with Crippen molar-refractivity contribution in [2.45, 2.75) is 6.61 Å². The molecule has 26 heavy (non-hydrogen) atoms. The van der Waals surface area contributed by atoms with Crippen LogP contribution < -0.4 is 10.4 Å². The molecule has 0 aliphatic rings. The predicted molar refractivity (Wildman–Crippen MR) is 97.4 cm³/mol. The number of nitro groups is 1. The van der Waals surface area contributed by atoms with Crippen molar-refractivity contribution in [2.24, 2.45) is 0 Å². The normalized spacial score (nSPS) is 10.9. The molecule has 0 atom stereocenters. The molecule has 1 heterocycles. The number of rotatable bonds is 4. The van der Waals surface area contributed by atoms with Crippen molar-refractivity contribution in [3.05, 3.63) is 92.8 Å². The van der Waals surface area contributed by atoms with Crippen LogP contribution in [0.15, 0.2) is 75.9 Å². The second kappa shape index (κ2) is 6.33. The lowest BCUT2D eigenvalue weighted by Crippen LogP contribution is -2.04. The van der Waals surface area contributed by atoms with Gasteiger partial charge in [-0.15, -0.1) is 0 Å². The van der Waals surface area contributed by atoms with Gasteiger partial charge in [-0.2, -0.15) is 0 Å². The minimum Gasteiger partial charge on any atom is -0.489 e. The summed E-state index contributed by atoms with van der Waals surface area (Å²) in [6.07, 6.45) is 0. The zero-order valence-corrected chi connectivity index (χ0v) is 13.5. The molecule has 0 radical (unpaired) electrons. The highest BCUT2D eigenvalue weighted by molar-refractivity contribution is 6.04. The number of benzene rings is 3. The number of fused-ring (bicyclic) bond motifs is 3. The van der Waals surface area contributed by atoms with Crippen molar-refractivity contribution in [3.63, 3.8) is 0 Å². The summed E-state index contributed by atoms with van der Waals surface area (Å²) in [5, 5.41) is 13.3. The van der Waals surface area contributed by atoms with Crippen LogP contribution >= 0.6 is 0 Å². The molecule has 0 aliphatic carbocycles. The SMILES string of the molecule is O=c1cc(COc2ccc([N+](=O)[O-])cc2)c2ccc3ccccc3c2o1. The molecule has 6 nitrogen and oxygen atoms in total. The Balaban J connectivity index is 1.71. The van der Waals surface area contributed by atoms with E-state index in [2.05, 4.69) is 0 Å². The average molecular weight is 347 g/mol. The first kappa shape index (κ1) is 15.8. The van der Waals surface area contributed by atoms with Gasteiger partial charge in [0.25, 0.3) is 5.69 Å². The number of hydrogen-bond donors (Lipinski definition) is 0. The maximum atomic E-state index is 12.0. The highest BCUT2D eigenvalue weighted by Gasteiger charge is 2.10. The first-order chi connectivity index (χ1) is 12.6. The van der Waals surface area contributed by atoms with Crippen LogP contribution in [0.1, 0.15) is 5.56 Å². The summed E-state index contributed by atoms with van der Waals surface area (Å²) in [5.41, 5.74) is 0.768.